The molecule has 1 aromatic rings. The van der Waals surface area contributed by atoms with Crippen LogP contribution in [0.2, 0.25) is 0 Å². The van der Waals surface area contributed by atoms with Gasteiger partial charge < -0.3 is 9.84 Å². The number of benzene rings is 1. The third-order valence-electron chi connectivity index (χ3n) is 3.15. The van der Waals surface area contributed by atoms with Gasteiger partial charge in [-0.2, -0.15) is 0 Å². The maximum Gasteiger partial charge on any atom is 0.199 e. The average Bonchev–Trinajstić information content (AvgIpc) is 2.48. The zero-order valence-corrected chi connectivity index (χ0v) is 10.5. The standard InChI is InChI=1S/C16H11FO3/c17-12-5-6-14(18)13(8-12)16(19)11-7-10-3-1-2-4-15(10)20-9-11/h1-2,4-9,18H,3H2. The van der Waals surface area contributed by atoms with Crippen molar-refractivity contribution < 1.29 is 19.0 Å². The van der Waals surface area contributed by atoms with Crippen molar-refractivity contribution in [1.29, 1.82) is 0 Å². The summed E-state index contributed by atoms with van der Waals surface area (Å²) in [4.78, 5) is 12.3. The number of ether oxygens (including phenoxy) is 1. The van der Waals surface area contributed by atoms with Crippen molar-refractivity contribution in [3.05, 3.63) is 77.1 Å². The van der Waals surface area contributed by atoms with Gasteiger partial charge in [0.1, 0.15) is 23.6 Å². The summed E-state index contributed by atoms with van der Waals surface area (Å²) in [5, 5.41) is 9.67. The fourth-order valence-corrected chi connectivity index (χ4v) is 2.12. The molecule has 0 bridgehead atoms. The molecule has 0 saturated carbocycles. The SMILES string of the molecule is O=C(C1=COC2=CC=CCC2=C1)c1cc(F)ccc1O. The van der Waals surface area contributed by atoms with E-state index in [9.17, 15) is 14.3 Å². The first-order chi connectivity index (χ1) is 9.65. The summed E-state index contributed by atoms with van der Waals surface area (Å²) in [6.45, 7) is 0. The number of halogens is 1. The van der Waals surface area contributed by atoms with Gasteiger partial charge in [0, 0.05) is 0 Å². The third kappa shape index (κ3) is 2.16. The lowest BCUT2D eigenvalue weighted by Crippen LogP contribution is -2.09. The van der Waals surface area contributed by atoms with E-state index in [-0.39, 0.29) is 16.9 Å². The fraction of sp³-hybridized carbons (Fsp3) is 0.0625. The number of carbonyl (C=O) groups is 1. The van der Waals surface area contributed by atoms with Gasteiger partial charge in [0.15, 0.2) is 5.78 Å². The van der Waals surface area contributed by atoms with Crippen LogP contribution in [0.4, 0.5) is 4.39 Å². The molecule has 0 amide bonds. The number of phenolic OH excluding ortho intramolecular Hbond substituents is 1. The lowest BCUT2D eigenvalue weighted by molar-refractivity contribution is 0.103. The van der Waals surface area contributed by atoms with Crippen LogP contribution in [-0.2, 0) is 4.74 Å². The lowest BCUT2D eigenvalue weighted by atomic mass is 9.96. The molecular formula is C16H11FO3. The smallest absolute Gasteiger partial charge is 0.199 e. The number of rotatable bonds is 2. The van der Waals surface area contributed by atoms with Gasteiger partial charge in [-0.1, -0.05) is 12.2 Å². The number of phenols is 1. The molecule has 2 aliphatic rings. The highest BCUT2D eigenvalue weighted by Gasteiger charge is 2.21. The summed E-state index contributed by atoms with van der Waals surface area (Å²) in [5.41, 5.74) is 1.10. The van der Waals surface area contributed by atoms with E-state index in [2.05, 4.69) is 0 Å². The van der Waals surface area contributed by atoms with Crippen LogP contribution >= 0.6 is 0 Å². The average molecular weight is 270 g/mol. The summed E-state index contributed by atoms with van der Waals surface area (Å²) in [7, 11) is 0. The number of fused-ring (bicyclic) bond motifs is 1. The topological polar surface area (TPSA) is 46.5 Å². The molecule has 3 rings (SSSR count). The Balaban J connectivity index is 1.94. The third-order valence-corrected chi connectivity index (χ3v) is 3.15. The van der Waals surface area contributed by atoms with Gasteiger partial charge in [0.2, 0.25) is 0 Å². The van der Waals surface area contributed by atoms with Gasteiger partial charge in [-0.3, -0.25) is 4.79 Å². The van der Waals surface area contributed by atoms with Crippen LogP contribution in [0.5, 0.6) is 5.75 Å². The molecule has 1 heterocycles. The molecule has 0 fully saturated rings. The molecule has 4 heteroatoms. The monoisotopic (exact) mass is 270 g/mol. The van der Waals surface area contributed by atoms with Crippen LogP contribution in [0.3, 0.4) is 0 Å². The van der Waals surface area contributed by atoms with Crippen LogP contribution in [0, 0.1) is 5.82 Å². The maximum absolute atomic E-state index is 13.2. The van der Waals surface area contributed by atoms with Gasteiger partial charge in [0.05, 0.1) is 11.1 Å². The number of hydrogen-bond donors (Lipinski definition) is 1. The minimum absolute atomic E-state index is 0.0736. The Morgan fingerprint density at radius 3 is 3.05 bits per heavy atom. The van der Waals surface area contributed by atoms with E-state index in [1.165, 1.54) is 6.26 Å². The van der Waals surface area contributed by atoms with Gasteiger partial charge >= 0.3 is 0 Å². The zero-order valence-electron chi connectivity index (χ0n) is 10.5. The Kier molecular flexibility index (Phi) is 2.99. The lowest BCUT2D eigenvalue weighted by Gasteiger charge is -2.18. The number of hydrogen-bond acceptors (Lipinski definition) is 3. The highest BCUT2D eigenvalue weighted by molar-refractivity contribution is 6.12. The first-order valence-electron chi connectivity index (χ1n) is 6.13. The molecule has 1 N–H and O–H groups in total. The van der Waals surface area contributed by atoms with E-state index in [1.807, 2.05) is 18.2 Å². The number of aromatic hydroxyl groups is 1. The quantitative estimate of drug-likeness (QED) is 0.838. The largest absolute Gasteiger partial charge is 0.507 e. The normalized spacial score (nSPS) is 16.6. The van der Waals surface area contributed by atoms with Crippen LogP contribution in [0.1, 0.15) is 16.8 Å². The second-order valence-corrected chi connectivity index (χ2v) is 4.51. The Morgan fingerprint density at radius 2 is 2.20 bits per heavy atom. The highest BCUT2D eigenvalue weighted by Crippen LogP contribution is 2.29. The van der Waals surface area contributed by atoms with Crippen LogP contribution in [0.15, 0.2) is 65.7 Å². The van der Waals surface area contributed by atoms with Crippen molar-refractivity contribution in [3.63, 3.8) is 0 Å². The van der Waals surface area contributed by atoms with E-state index in [1.54, 1.807) is 6.08 Å². The maximum atomic E-state index is 13.2. The Hall–Kier alpha value is -2.62. The van der Waals surface area contributed by atoms with Crippen molar-refractivity contribution in [2.75, 3.05) is 0 Å². The zero-order chi connectivity index (χ0) is 14.1. The molecule has 0 radical (unpaired) electrons. The first-order valence-corrected chi connectivity index (χ1v) is 6.13. The predicted octanol–water partition coefficient (Wildman–Crippen LogP) is 3.40. The van der Waals surface area contributed by atoms with Crippen molar-refractivity contribution in [1.82, 2.24) is 0 Å². The molecule has 0 spiro atoms. The predicted molar refractivity (Wildman–Crippen MR) is 71.5 cm³/mol. The molecule has 1 aliphatic carbocycles. The van der Waals surface area contributed by atoms with Crippen molar-refractivity contribution in [3.8, 4) is 5.75 Å². The minimum atomic E-state index is -0.572. The Bertz CT molecular complexity index is 708. The molecule has 100 valence electrons. The van der Waals surface area contributed by atoms with Crippen LogP contribution in [0.25, 0.3) is 0 Å². The van der Waals surface area contributed by atoms with E-state index in [4.69, 9.17) is 4.74 Å². The Labute approximate surface area is 115 Å². The van der Waals surface area contributed by atoms with Gasteiger partial charge in [-0.05, 0) is 42.3 Å². The number of Topliss-reactive ketones (excluding diaryl/α,β-unsaturated/α-hetero) is 1. The molecular weight excluding hydrogens is 259 g/mol. The number of ketones is 1. The van der Waals surface area contributed by atoms with Gasteiger partial charge in [0.25, 0.3) is 0 Å². The first kappa shape index (κ1) is 12.4. The fourth-order valence-electron chi connectivity index (χ4n) is 2.12. The molecule has 0 unspecified atom stereocenters. The second-order valence-electron chi connectivity index (χ2n) is 4.51. The molecule has 3 nitrogen and oxygen atoms in total. The molecule has 0 saturated heterocycles. The molecule has 0 aromatic heterocycles. The number of allylic oxidation sites excluding steroid dienone is 6. The van der Waals surface area contributed by atoms with Gasteiger partial charge in [-0.15, -0.1) is 0 Å². The van der Waals surface area contributed by atoms with Crippen molar-refractivity contribution in [2.24, 2.45) is 0 Å². The Morgan fingerprint density at radius 1 is 1.35 bits per heavy atom. The van der Waals surface area contributed by atoms with E-state index >= 15 is 0 Å². The number of carbonyl (C=O) groups excluding carboxylic acids is 1. The molecule has 1 aromatic carbocycles. The summed E-state index contributed by atoms with van der Waals surface area (Å²) in [5.74, 6) is -0.589. The van der Waals surface area contributed by atoms with E-state index < -0.39 is 11.6 Å². The molecule has 1 aliphatic heterocycles. The second kappa shape index (κ2) is 4.81. The summed E-state index contributed by atoms with van der Waals surface area (Å²) < 4.78 is 18.6. The summed E-state index contributed by atoms with van der Waals surface area (Å²) in [6.07, 6.45) is 9.34. The van der Waals surface area contributed by atoms with Gasteiger partial charge in [-0.25, -0.2) is 4.39 Å². The summed E-state index contributed by atoms with van der Waals surface area (Å²) in [6, 6.07) is 3.28. The van der Waals surface area contributed by atoms with Crippen LogP contribution in [-0.4, -0.2) is 10.9 Å². The van der Waals surface area contributed by atoms with Crippen molar-refractivity contribution >= 4 is 5.78 Å². The molecule has 20 heavy (non-hydrogen) atoms. The van der Waals surface area contributed by atoms with Crippen LogP contribution < -0.4 is 0 Å². The highest BCUT2D eigenvalue weighted by atomic mass is 19.1. The molecule has 0 atom stereocenters. The van der Waals surface area contributed by atoms with Crippen molar-refractivity contribution in [2.45, 2.75) is 6.42 Å². The summed E-state index contributed by atoms with van der Waals surface area (Å²) >= 11 is 0. The van der Waals surface area contributed by atoms with E-state index in [0.29, 0.717) is 12.2 Å². The minimum Gasteiger partial charge on any atom is -0.507 e. The van der Waals surface area contributed by atoms with E-state index in [0.717, 1.165) is 23.8 Å².